The minimum Gasteiger partial charge on any atom is -0.550 e. The number of carbonyl (C=O) groups is 2. The fourth-order valence-corrected chi connectivity index (χ4v) is 2.14. The molecule has 5 nitrogen and oxygen atoms in total. The first-order valence-electron chi connectivity index (χ1n) is 5.37. The first-order chi connectivity index (χ1) is 8.52. The van der Waals surface area contributed by atoms with Crippen LogP contribution in [0.5, 0.6) is 5.75 Å². The van der Waals surface area contributed by atoms with Crippen molar-refractivity contribution in [1.29, 1.82) is 0 Å². The predicted molar refractivity (Wildman–Crippen MR) is 63.5 cm³/mol. The number of hydrogen-bond acceptors (Lipinski definition) is 4. The molecule has 1 heterocycles. The van der Waals surface area contributed by atoms with E-state index in [-0.39, 0.29) is 18.9 Å². The van der Waals surface area contributed by atoms with Gasteiger partial charge in [0.15, 0.2) is 0 Å². The van der Waals surface area contributed by atoms with E-state index in [4.69, 9.17) is 16.3 Å². The molecule has 0 bridgehead atoms. The van der Waals surface area contributed by atoms with Crippen molar-refractivity contribution in [2.45, 2.75) is 6.42 Å². The number of hydrogen-bond donors (Lipinski definition) is 0. The fraction of sp³-hybridized carbons (Fsp3) is 0.333. The van der Waals surface area contributed by atoms with Crippen LogP contribution in [-0.4, -0.2) is 25.5 Å². The molecule has 1 aliphatic heterocycles. The molecule has 1 amide bonds. The lowest BCUT2D eigenvalue weighted by Crippen LogP contribution is -2.33. The van der Waals surface area contributed by atoms with Crippen LogP contribution >= 0.6 is 11.6 Å². The van der Waals surface area contributed by atoms with Crippen LogP contribution in [0.25, 0.3) is 0 Å². The summed E-state index contributed by atoms with van der Waals surface area (Å²) in [7, 11) is 1.48. The van der Waals surface area contributed by atoms with E-state index >= 15 is 0 Å². The van der Waals surface area contributed by atoms with Gasteiger partial charge in [0.05, 0.1) is 12.8 Å². The van der Waals surface area contributed by atoms with Gasteiger partial charge in [-0.3, -0.25) is 4.79 Å². The number of rotatable bonds is 3. The molecule has 1 fully saturated rings. The van der Waals surface area contributed by atoms with Crippen LogP contribution in [0.4, 0.5) is 5.69 Å². The van der Waals surface area contributed by atoms with Gasteiger partial charge in [0, 0.05) is 29.9 Å². The normalized spacial score (nSPS) is 19.1. The third-order valence-corrected chi connectivity index (χ3v) is 3.13. The summed E-state index contributed by atoms with van der Waals surface area (Å²) >= 11 is 5.88. The van der Waals surface area contributed by atoms with Gasteiger partial charge in [-0.05, 0) is 18.2 Å². The second-order valence-electron chi connectivity index (χ2n) is 4.04. The Morgan fingerprint density at radius 2 is 2.28 bits per heavy atom. The zero-order valence-corrected chi connectivity index (χ0v) is 10.4. The first kappa shape index (κ1) is 12.7. The Balaban J connectivity index is 2.34. The van der Waals surface area contributed by atoms with Gasteiger partial charge in [-0.1, -0.05) is 11.6 Å². The van der Waals surface area contributed by atoms with Crippen LogP contribution in [0, 0.1) is 5.92 Å². The number of methoxy groups -OCH3 is 1. The molecular formula is C12H11ClNO4-. The van der Waals surface area contributed by atoms with Crippen LogP contribution in [0.15, 0.2) is 18.2 Å². The second kappa shape index (κ2) is 4.86. The Hall–Kier alpha value is -1.75. The minimum absolute atomic E-state index is 0.0575. The molecule has 18 heavy (non-hydrogen) atoms. The van der Waals surface area contributed by atoms with Crippen LogP contribution in [0.1, 0.15) is 6.42 Å². The minimum atomic E-state index is -1.22. The van der Waals surface area contributed by atoms with E-state index in [0.717, 1.165) is 0 Å². The van der Waals surface area contributed by atoms with Crippen molar-refractivity contribution in [3.8, 4) is 5.75 Å². The summed E-state index contributed by atoms with van der Waals surface area (Å²) in [4.78, 5) is 24.0. The van der Waals surface area contributed by atoms with E-state index in [2.05, 4.69) is 0 Å². The van der Waals surface area contributed by atoms with Crippen molar-refractivity contribution in [3.05, 3.63) is 23.2 Å². The Bertz CT molecular complexity index is 503. The topological polar surface area (TPSA) is 69.7 Å². The Kier molecular flexibility index (Phi) is 3.43. The van der Waals surface area contributed by atoms with Gasteiger partial charge < -0.3 is 19.5 Å². The van der Waals surface area contributed by atoms with Gasteiger partial charge in [-0.2, -0.15) is 0 Å². The molecule has 0 saturated carbocycles. The van der Waals surface area contributed by atoms with Crippen LogP contribution < -0.4 is 14.7 Å². The number of carbonyl (C=O) groups excluding carboxylic acids is 2. The van der Waals surface area contributed by atoms with Crippen molar-refractivity contribution in [2.75, 3.05) is 18.6 Å². The summed E-state index contributed by atoms with van der Waals surface area (Å²) in [6, 6.07) is 4.86. The number of carboxylic acid groups (broad SMARTS) is 1. The molecule has 0 radical (unpaired) electrons. The van der Waals surface area contributed by atoms with Crippen LogP contribution in [0.2, 0.25) is 5.02 Å². The van der Waals surface area contributed by atoms with Crippen molar-refractivity contribution >= 4 is 29.2 Å². The molecule has 0 N–H and O–H groups in total. The molecule has 1 saturated heterocycles. The summed E-state index contributed by atoms with van der Waals surface area (Å²) < 4.78 is 5.14. The van der Waals surface area contributed by atoms with Crippen molar-refractivity contribution < 1.29 is 19.4 Å². The third kappa shape index (κ3) is 2.26. The van der Waals surface area contributed by atoms with E-state index in [9.17, 15) is 14.7 Å². The van der Waals surface area contributed by atoms with Gasteiger partial charge in [0.25, 0.3) is 0 Å². The van der Waals surface area contributed by atoms with Crippen LogP contribution in [-0.2, 0) is 9.59 Å². The summed E-state index contributed by atoms with van der Waals surface area (Å²) in [6.07, 6.45) is -0.0575. The molecule has 1 atom stereocenters. The molecule has 1 aliphatic rings. The number of halogens is 1. The van der Waals surface area contributed by atoms with Crippen molar-refractivity contribution in [3.63, 3.8) is 0 Å². The third-order valence-electron chi connectivity index (χ3n) is 2.89. The highest BCUT2D eigenvalue weighted by Crippen LogP contribution is 2.34. The quantitative estimate of drug-likeness (QED) is 0.798. The number of aliphatic carboxylic acids is 1. The lowest BCUT2D eigenvalue weighted by molar-refractivity contribution is -0.310. The molecule has 0 aliphatic carbocycles. The van der Waals surface area contributed by atoms with Gasteiger partial charge in [0.2, 0.25) is 5.91 Å². The molecule has 1 aromatic rings. The summed E-state index contributed by atoms with van der Waals surface area (Å²) in [6.45, 7) is 0.0812. The summed E-state index contributed by atoms with van der Waals surface area (Å²) in [5, 5.41) is 11.3. The molecule has 0 aromatic heterocycles. The predicted octanol–water partition coefficient (Wildman–Crippen LogP) is 0.451. The number of benzene rings is 1. The van der Waals surface area contributed by atoms with E-state index < -0.39 is 11.9 Å². The van der Waals surface area contributed by atoms with Gasteiger partial charge >= 0.3 is 0 Å². The van der Waals surface area contributed by atoms with Crippen molar-refractivity contribution in [2.24, 2.45) is 5.92 Å². The van der Waals surface area contributed by atoms with Crippen molar-refractivity contribution in [1.82, 2.24) is 0 Å². The number of nitrogens with zero attached hydrogens (tertiary/aromatic N) is 1. The molecule has 96 valence electrons. The van der Waals surface area contributed by atoms with E-state index in [1.165, 1.54) is 12.0 Å². The largest absolute Gasteiger partial charge is 0.550 e. The molecular weight excluding hydrogens is 258 g/mol. The monoisotopic (exact) mass is 268 g/mol. The number of anilines is 1. The zero-order chi connectivity index (χ0) is 13.3. The maximum Gasteiger partial charge on any atom is 0.227 e. The number of amides is 1. The Labute approximate surface area is 109 Å². The Morgan fingerprint density at radius 1 is 1.56 bits per heavy atom. The number of ether oxygens (including phenoxy) is 1. The molecule has 1 aromatic carbocycles. The summed E-state index contributed by atoms with van der Waals surface area (Å²) in [5.74, 6) is -1.80. The average Bonchev–Trinajstić information content (AvgIpc) is 2.71. The zero-order valence-electron chi connectivity index (χ0n) is 9.68. The maximum absolute atomic E-state index is 11.8. The van der Waals surface area contributed by atoms with E-state index in [1.807, 2.05) is 0 Å². The molecule has 1 unspecified atom stereocenters. The van der Waals surface area contributed by atoms with Gasteiger partial charge in [0.1, 0.15) is 5.75 Å². The SMILES string of the molecule is COc1ccc(Cl)cc1N1CC(C(=O)[O-])CC1=O. The summed E-state index contributed by atoms with van der Waals surface area (Å²) in [5.41, 5.74) is 0.485. The highest BCUT2D eigenvalue weighted by molar-refractivity contribution is 6.31. The highest BCUT2D eigenvalue weighted by Gasteiger charge is 2.32. The average molecular weight is 269 g/mol. The lowest BCUT2D eigenvalue weighted by Gasteiger charge is -2.20. The molecule has 2 rings (SSSR count). The standard InChI is InChI=1S/C12H12ClNO4/c1-18-10-3-2-8(13)5-9(10)14-6-7(12(16)17)4-11(14)15/h2-3,5,7H,4,6H2,1H3,(H,16,17)/p-1. The van der Waals surface area contributed by atoms with Crippen LogP contribution in [0.3, 0.4) is 0 Å². The lowest BCUT2D eigenvalue weighted by atomic mass is 10.1. The smallest absolute Gasteiger partial charge is 0.227 e. The molecule has 6 heteroatoms. The first-order valence-corrected chi connectivity index (χ1v) is 5.75. The van der Waals surface area contributed by atoms with Gasteiger partial charge in [-0.15, -0.1) is 0 Å². The van der Waals surface area contributed by atoms with E-state index in [1.54, 1.807) is 18.2 Å². The second-order valence-corrected chi connectivity index (χ2v) is 4.48. The fourth-order valence-electron chi connectivity index (χ4n) is 1.97. The van der Waals surface area contributed by atoms with Gasteiger partial charge in [-0.25, -0.2) is 0 Å². The maximum atomic E-state index is 11.8. The molecule has 0 spiro atoms. The van der Waals surface area contributed by atoms with E-state index in [0.29, 0.717) is 16.5 Å². The highest BCUT2D eigenvalue weighted by atomic mass is 35.5. The number of carboxylic acids is 1. The Morgan fingerprint density at radius 3 is 2.83 bits per heavy atom.